The molecule has 2 aromatic heterocycles. The minimum absolute atomic E-state index is 0.0108. The number of pyridine rings is 1. The molecule has 4 aromatic rings. The van der Waals surface area contributed by atoms with Crippen LogP contribution in [-0.4, -0.2) is 51.9 Å². The minimum Gasteiger partial charge on any atom is -0.494 e. The van der Waals surface area contributed by atoms with Crippen molar-refractivity contribution in [3.63, 3.8) is 0 Å². The van der Waals surface area contributed by atoms with E-state index in [1.165, 1.54) is 13.2 Å². The lowest BCUT2D eigenvalue weighted by Gasteiger charge is -2.30. The van der Waals surface area contributed by atoms with Crippen LogP contribution in [0.3, 0.4) is 0 Å². The molecule has 1 aliphatic heterocycles. The van der Waals surface area contributed by atoms with Crippen molar-refractivity contribution in [1.29, 1.82) is 0 Å². The summed E-state index contributed by atoms with van der Waals surface area (Å²) < 4.78 is 41.7. The number of aliphatic hydroxyl groups is 1. The van der Waals surface area contributed by atoms with Gasteiger partial charge >= 0.3 is 0 Å². The molecular formula is C32H30ClF2N5O5. The highest BCUT2D eigenvalue weighted by Crippen LogP contribution is 2.50. The molecule has 1 unspecified atom stereocenters. The second-order valence-corrected chi connectivity index (χ2v) is 12.7. The lowest BCUT2D eigenvalue weighted by molar-refractivity contribution is -0.123. The van der Waals surface area contributed by atoms with Crippen LogP contribution in [0.5, 0.6) is 11.5 Å². The first kappa shape index (κ1) is 29.4. The van der Waals surface area contributed by atoms with Crippen molar-refractivity contribution in [1.82, 2.24) is 20.1 Å². The zero-order valence-corrected chi connectivity index (χ0v) is 25.3. The molecule has 7 rings (SSSR count). The maximum Gasteiger partial charge on any atom is 0.251 e. The van der Waals surface area contributed by atoms with Crippen molar-refractivity contribution in [2.45, 2.75) is 49.7 Å². The molecule has 2 fully saturated rings. The third-order valence-corrected chi connectivity index (χ3v) is 9.40. The van der Waals surface area contributed by atoms with Crippen LogP contribution in [-0.2, 0) is 15.8 Å². The predicted octanol–water partition coefficient (Wildman–Crippen LogP) is 4.54. The standard InChI is InChI=1S/C32H30ClF2N5O5/c1-31(30(36)42)14-45-28-20(31)10-25(38-27(28)19-9-22(34)23(35)11-21(19)33)32(43,17-3-4-17)13-37-29(41)15-7-16-12-40(18-5-6-18)39-26(16)24(8-15)44-2/h7-12,17-18,43H,3-6,13-14H2,1-2H3,(H2,36,42)(H,37,41)/t31-,32?/m0/s1. The van der Waals surface area contributed by atoms with Crippen LogP contribution in [0.15, 0.2) is 36.5 Å². The van der Waals surface area contributed by atoms with E-state index < -0.39 is 34.5 Å². The van der Waals surface area contributed by atoms with Gasteiger partial charge in [0.05, 0.1) is 30.4 Å². The third kappa shape index (κ3) is 4.87. The fraction of sp³-hybridized carbons (Fsp3) is 0.375. The van der Waals surface area contributed by atoms with Gasteiger partial charge in [-0.3, -0.25) is 14.3 Å². The summed E-state index contributed by atoms with van der Waals surface area (Å²) in [4.78, 5) is 30.8. The highest BCUT2D eigenvalue weighted by Gasteiger charge is 2.50. The summed E-state index contributed by atoms with van der Waals surface area (Å²) in [6.07, 6.45) is 5.29. The van der Waals surface area contributed by atoms with Crippen molar-refractivity contribution in [3.8, 4) is 22.8 Å². The number of benzene rings is 2. The summed E-state index contributed by atoms with van der Waals surface area (Å²) in [5.41, 5.74) is 4.20. The first-order valence-electron chi connectivity index (χ1n) is 14.6. The molecule has 3 aliphatic rings. The van der Waals surface area contributed by atoms with Crippen LogP contribution in [0, 0.1) is 17.6 Å². The number of fused-ring (bicyclic) bond motifs is 2. The zero-order valence-electron chi connectivity index (χ0n) is 24.5. The number of primary amides is 1. The molecule has 0 bridgehead atoms. The van der Waals surface area contributed by atoms with Gasteiger partial charge < -0.3 is 25.6 Å². The molecule has 2 aliphatic carbocycles. The molecule has 234 valence electrons. The Bertz CT molecular complexity index is 1910. The van der Waals surface area contributed by atoms with Gasteiger partial charge in [0, 0.05) is 28.3 Å². The number of nitrogens with zero attached hydrogens (tertiary/aromatic N) is 3. The Labute approximate surface area is 261 Å². The van der Waals surface area contributed by atoms with Crippen LogP contribution in [0.25, 0.3) is 22.2 Å². The first-order chi connectivity index (χ1) is 21.4. The molecule has 4 N–H and O–H groups in total. The van der Waals surface area contributed by atoms with Crippen molar-refractivity contribution in [2.75, 3.05) is 20.3 Å². The monoisotopic (exact) mass is 637 g/mol. The smallest absolute Gasteiger partial charge is 0.251 e. The molecule has 0 spiro atoms. The van der Waals surface area contributed by atoms with E-state index in [1.807, 2.05) is 10.9 Å². The van der Waals surface area contributed by atoms with E-state index in [4.69, 9.17) is 26.8 Å². The second-order valence-electron chi connectivity index (χ2n) is 12.3. The Morgan fingerprint density at radius 3 is 2.60 bits per heavy atom. The molecule has 0 radical (unpaired) electrons. The number of halogens is 3. The van der Waals surface area contributed by atoms with E-state index in [-0.39, 0.29) is 46.8 Å². The largest absolute Gasteiger partial charge is 0.494 e. The first-order valence-corrected chi connectivity index (χ1v) is 15.0. The minimum atomic E-state index is -1.70. The number of hydrogen-bond donors (Lipinski definition) is 3. The summed E-state index contributed by atoms with van der Waals surface area (Å²) in [6.45, 7) is 1.23. The van der Waals surface area contributed by atoms with Crippen LogP contribution in [0.4, 0.5) is 8.78 Å². The molecule has 10 nitrogen and oxygen atoms in total. The number of aromatic nitrogens is 3. The summed E-state index contributed by atoms with van der Waals surface area (Å²) in [5, 5.41) is 20.3. The van der Waals surface area contributed by atoms with Crippen LogP contribution >= 0.6 is 11.6 Å². The molecule has 2 aromatic carbocycles. The summed E-state index contributed by atoms with van der Waals surface area (Å²) in [5.74, 6) is -3.15. The molecular weight excluding hydrogens is 608 g/mol. The lowest BCUT2D eigenvalue weighted by Crippen LogP contribution is -2.44. The summed E-state index contributed by atoms with van der Waals surface area (Å²) >= 11 is 6.34. The number of rotatable bonds is 9. The number of nitrogens with two attached hydrogens (primary N) is 1. The van der Waals surface area contributed by atoms with Gasteiger partial charge in [-0.15, -0.1) is 0 Å². The van der Waals surface area contributed by atoms with E-state index in [1.54, 1.807) is 19.1 Å². The summed E-state index contributed by atoms with van der Waals surface area (Å²) in [6, 6.07) is 6.92. The highest BCUT2D eigenvalue weighted by atomic mass is 35.5. The number of methoxy groups -OCH3 is 1. The Morgan fingerprint density at radius 1 is 1.20 bits per heavy atom. The molecule has 2 amide bonds. The average Bonchev–Trinajstić information content (AvgIpc) is 3.96. The van der Waals surface area contributed by atoms with Crippen molar-refractivity contribution >= 4 is 34.3 Å². The predicted molar refractivity (Wildman–Crippen MR) is 160 cm³/mol. The molecule has 45 heavy (non-hydrogen) atoms. The van der Waals surface area contributed by atoms with E-state index in [9.17, 15) is 23.5 Å². The number of nitrogens with one attached hydrogen (secondary N) is 1. The number of ether oxygens (including phenoxy) is 2. The Kier molecular flexibility index (Phi) is 6.79. The Hall–Kier alpha value is -4.29. The van der Waals surface area contributed by atoms with Crippen LogP contribution in [0.1, 0.15) is 60.3 Å². The summed E-state index contributed by atoms with van der Waals surface area (Å²) in [7, 11) is 1.51. The maximum absolute atomic E-state index is 14.4. The van der Waals surface area contributed by atoms with Gasteiger partial charge in [0.15, 0.2) is 11.6 Å². The Morgan fingerprint density at radius 2 is 1.93 bits per heavy atom. The second kappa shape index (κ2) is 10.4. The van der Waals surface area contributed by atoms with Gasteiger partial charge in [-0.25, -0.2) is 13.8 Å². The number of carbonyl (C=O) groups is 2. The molecule has 3 heterocycles. The Balaban J connectivity index is 1.27. The van der Waals surface area contributed by atoms with Gasteiger partial charge in [0.25, 0.3) is 5.91 Å². The zero-order chi connectivity index (χ0) is 31.8. The third-order valence-electron chi connectivity index (χ3n) is 9.09. The van der Waals surface area contributed by atoms with Gasteiger partial charge in [0.2, 0.25) is 5.91 Å². The average molecular weight is 638 g/mol. The van der Waals surface area contributed by atoms with Crippen LogP contribution in [0.2, 0.25) is 5.02 Å². The number of amides is 2. The molecule has 2 atom stereocenters. The fourth-order valence-corrected chi connectivity index (χ4v) is 6.19. The van der Waals surface area contributed by atoms with E-state index in [0.717, 1.165) is 30.4 Å². The van der Waals surface area contributed by atoms with E-state index in [0.29, 0.717) is 41.3 Å². The molecule has 0 saturated heterocycles. The van der Waals surface area contributed by atoms with Gasteiger partial charge in [-0.2, -0.15) is 5.10 Å². The van der Waals surface area contributed by atoms with Crippen molar-refractivity contribution in [3.05, 3.63) is 70.0 Å². The SMILES string of the molecule is COc1cc(C(=O)NCC(O)(c2cc3c(c(-c4cc(F)c(F)cc4Cl)n2)OC[C@]3(C)C(N)=O)C2CC2)cc2cn(C3CC3)nc12. The maximum atomic E-state index is 14.4. The van der Waals surface area contributed by atoms with Crippen LogP contribution < -0.4 is 20.5 Å². The molecule has 2 saturated carbocycles. The van der Waals surface area contributed by atoms with E-state index in [2.05, 4.69) is 15.4 Å². The number of hydrogen-bond acceptors (Lipinski definition) is 7. The topological polar surface area (TPSA) is 142 Å². The normalized spacial score (nSPS) is 20.4. The van der Waals surface area contributed by atoms with Gasteiger partial charge in [-0.1, -0.05) is 11.6 Å². The number of carbonyl (C=O) groups excluding carboxylic acids is 2. The van der Waals surface area contributed by atoms with Crippen molar-refractivity contribution < 1.29 is 33.0 Å². The lowest BCUT2D eigenvalue weighted by atomic mass is 9.81. The van der Waals surface area contributed by atoms with E-state index >= 15 is 0 Å². The van der Waals surface area contributed by atoms with Gasteiger partial charge in [-0.05, 0) is 68.9 Å². The van der Waals surface area contributed by atoms with Gasteiger partial charge in [0.1, 0.15) is 40.3 Å². The quantitative estimate of drug-likeness (QED) is 0.229. The molecule has 13 heteroatoms. The highest BCUT2D eigenvalue weighted by molar-refractivity contribution is 6.33. The van der Waals surface area contributed by atoms with Crippen molar-refractivity contribution in [2.24, 2.45) is 11.7 Å². The fourth-order valence-electron chi connectivity index (χ4n) is 5.95.